The molecule has 3 N–H and O–H groups in total. The summed E-state index contributed by atoms with van der Waals surface area (Å²) in [6.07, 6.45) is 0.431. The number of benzene rings is 1. The van der Waals surface area contributed by atoms with E-state index in [1.54, 1.807) is 13.8 Å². The van der Waals surface area contributed by atoms with Crippen LogP contribution in [0.25, 0.3) is 0 Å². The maximum Gasteiger partial charge on any atom is 0.266 e. The number of hydrogen-bond acceptors (Lipinski definition) is 4. The highest BCUT2D eigenvalue weighted by Crippen LogP contribution is 2.20. The number of aryl methyl sites for hydroxylation is 1. The molecule has 1 heterocycles. The fourth-order valence-corrected chi connectivity index (χ4v) is 2.77. The Balaban J connectivity index is 2.11. The SMILES string of the molecule is CC(=O)Nc1cc(NC(=O)CCc2c(C)[nH]c(=O)c(C#N)c2C)ccc1F. The number of anilines is 2. The highest BCUT2D eigenvalue weighted by Gasteiger charge is 2.14. The second-order valence-electron chi connectivity index (χ2n) is 6.09. The molecule has 2 amide bonds. The largest absolute Gasteiger partial charge is 0.326 e. The van der Waals surface area contributed by atoms with Crippen LogP contribution in [0.5, 0.6) is 0 Å². The van der Waals surface area contributed by atoms with E-state index in [4.69, 9.17) is 5.26 Å². The third-order valence-electron chi connectivity index (χ3n) is 4.08. The predicted molar refractivity (Wildman–Crippen MR) is 98.9 cm³/mol. The summed E-state index contributed by atoms with van der Waals surface area (Å²) in [5.41, 5.74) is 1.82. The first-order valence-corrected chi connectivity index (χ1v) is 8.22. The first kappa shape index (κ1) is 19.8. The fourth-order valence-electron chi connectivity index (χ4n) is 2.77. The maximum atomic E-state index is 13.6. The summed E-state index contributed by atoms with van der Waals surface area (Å²) in [4.78, 5) is 37.7. The summed E-state index contributed by atoms with van der Waals surface area (Å²) in [5, 5.41) is 14.1. The van der Waals surface area contributed by atoms with E-state index in [9.17, 15) is 18.8 Å². The minimum atomic E-state index is -0.605. The molecule has 2 aromatic rings. The Labute approximate surface area is 155 Å². The van der Waals surface area contributed by atoms with Gasteiger partial charge in [0.1, 0.15) is 17.4 Å². The molecule has 0 radical (unpaired) electrons. The minimum absolute atomic E-state index is 0.0220. The van der Waals surface area contributed by atoms with E-state index in [0.29, 0.717) is 23.4 Å². The van der Waals surface area contributed by atoms with Crippen LogP contribution in [0.4, 0.5) is 15.8 Å². The van der Waals surface area contributed by atoms with Crippen molar-refractivity contribution in [3.63, 3.8) is 0 Å². The standard InChI is InChI=1S/C19H19FN4O3/c1-10-14(11(2)22-19(27)15(10)9-21)5-7-18(26)24-13-4-6-16(20)17(8-13)23-12(3)25/h4,6,8H,5,7H2,1-3H3,(H,22,27)(H,23,25)(H,24,26). The zero-order valence-electron chi connectivity index (χ0n) is 15.2. The number of halogens is 1. The van der Waals surface area contributed by atoms with Crippen molar-refractivity contribution in [1.82, 2.24) is 4.98 Å². The molecular formula is C19H19FN4O3. The summed E-state index contributed by atoms with van der Waals surface area (Å²) >= 11 is 0. The molecule has 27 heavy (non-hydrogen) atoms. The molecule has 7 nitrogen and oxygen atoms in total. The second-order valence-corrected chi connectivity index (χ2v) is 6.09. The summed E-state index contributed by atoms with van der Waals surface area (Å²) in [6, 6.07) is 5.74. The lowest BCUT2D eigenvalue weighted by molar-refractivity contribution is -0.116. The number of carbonyl (C=O) groups excluding carboxylic acids is 2. The van der Waals surface area contributed by atoms with Crippen molar-refractivity contribution in [3.05, 3.63) is 56.8 Å². The van der Waals surface area contributed by atoms with Crippen molar-refractivity contribution < 1.29 is 14.0 Å². The number of hydrogen-bond donors (Lipinski definition) is 3. The Morgan fingerprint density at radius 3 is 2.59 bits per heavy atom. The van der Waals surface area contributed by atoms with Gasteiger partial charge in [0.2, 0.25) is 11.8 Å². The van der Waals surface area contributed by atoms with Gasteiger partial charge in [-0.25, -0.2) is 4.39 Å². The zero-order chi connectivity index (χ0) is 20.1. The van der Waals surface area contributed by atoms with E-state index >= 15 is 0 Å². The molecule has 1 aromatic carbocycles. The Kier molecular flexibility index (Phi) is 6.08. The highest BCUT2D eigenvalue weighted by atomic mass is 19.1. The van der Waals surface area contributed by atoms with Crippen molar-refractivity contribution in [2.75, 3.05) is 10.6 Å². The Bertz CT molecular complexity index is 1010. The van der Waals surface area contributed by atoms with Gasteiger partial charge in [0.25, 0.3) is 5.56 Å². The number of H-pyrrole nitrogens is 1. The molecule has 0 aliphatic carbocycles. The summed E-state index contributed by atoms with van der Waals surface area (Å²) in [7, 11) is 0. The van der Waals surface area contributed by atoms with Gasteiger partial charge >= 0.3 is 0 Å². The lowest BCUT2D eigenvalue weighted by Crippen LogP contribution is -2.18. The van der Waals surface area contributed by atoms with Gasteiger partial charge in [-0.1, -0.05) is 0 Å². The van der Waals surface area contributed by atoms with Gasteiger partial charge in [-0.05, 0) is 49.6 Å². The Morgan fingerprint density at radius 1 is 1.26 bits per heavy atom. The monoisotopic (exact) mass is 370 g/mol. The topological polar surface area (TPSA) is 115 Å². The van der Waals surface area contributed by atoms with Crippen molar-refractivity contribution in [1.29, 1.82) is 5.26 Å². The Hall–Kier alpha value is -3.47. The average molecular weight is 370 g/mol. The van der Waals surface area contributed by atoms with Crippen LogP contribution in [0.15, 0.2) is 23.0 Å². The van der Waals surface area contributed by atoms with Gasteiger partial charge in [-0.3, -0.25) is 14.4 Å². The van der Waals surface area contributed by atoms with Gasteiger partial charge in [-0.2, -0.15) is 5.26 Å². The second kappa shape index (κ2) is 8.27. The lowest BCUT2D eigenvalue weighted by atomic mass is 9.99. The molecule has 2 rings (SSSR count). The lowest BCUT2D eigenvalue weighted by Gasteiger charge is -2.12. The van der Waals surface area contributed by atoms with E-state index < -0.39 is 17.3 Å². The van der Waals surface area contributed by atoms with Crippen molar-refractivity contribution in [2.45, 2.75) is 33.6 Å². The van der Waals surface area contributed by atoms with E-state index in [1.807, 2.05) is 6.07 Å². The minimum Gasteiger partial charge on any atom is -0.326 e. The molecule has 8 heteroatoms. The molecule has 0 fully saturated rings. The van der Waals surface area contributed by atoms with Gasteiger partial charge in [-0.15, -0.1) is 0 Å². The number of aromatic nitrogens is 1. The molecule has 0 saturated heterocycles. The van der Waals surface area contributed by atoms with Crippen molar-refractivity contribution >= 4 is 23.2 Å². The van der Waals surface area contributed by atoms with Crippen LogP contribution in [0.2, 0.25) is 0 Å². The molecular weight excluding hydrogens is 351 g/mol. The third kappa shape index (κ3) is 4.79. The number of pyridine rings is 1. The van der Waals surface area contributed by atoms with E-state index in [1.165, 1.54) is 19.1 Å². The van der Waals surface area contributed by atoms with Gasteiger partial charge < -0.3 is 15.6 Å². The molecule has 0 bridgehead atoms. The zero-order valence-corrected chi connectivity index (χ0v) is 15.2. The number of carbonyl (C=O) groups is 2. The predicted octanol–water partition coefficient (Wildman–Crippen LogP) is 2.53. The van der Waals surface area contributed by atoms with Gasteiger partial charge in [0.15, 0.2) is 0 Å². The maximum absolute atomic E-state index is 13.6. The quantitative estimate of drug-likeness (QED) is 0.750. The van der Waals surface area contributed by atoms with Crippen LogP contribution < -0.4 is 16.2 Å². The molecule has 0 spiro atoms. The molecule has 0 unspecified atom stereocenters. The number of nitriles is 1. The van der Waals surface area contributed by atoms with Crippen molar-refractivity contribution in [2.24, 2.45) is 0 Å². The molecule has 1 aromatic heterocycles. The van der Waals surface area contributed by atoms with Crippen LogP contribution in [-0.2, 0) is 16.0 Å². The van der Waals surface area contributed by atoms with Gasteiger partial charge in [0, 0.05) is 24.7 Å². The van der Waals surface area contributed by atoms with Crippen LogP contribution in [0.3, 0.4) is 0 Å². The molecule has 0 saturated carbocycles. The first-order chi connectivity index (χ1) is 12.7. The number of nitrogens with one attached hydrogen (secondary N) is 3. The smallest absolute Gasteiger partial charge is 0.266 e. The normalized spacial score (nSPS) is 10.2. The van der Waals surface area contributed by atoms with Crippen molar-refractivity contribution in [3.8, 4) is 6.07 Å². The number of amides is 2. The van der Waals surface area contributed by atoms with E-state index in [-0.39, 0.29) is 23.6 Å². The number of aromatic amines is 1. The Morgan fingerprint density at radius 2 is 1.96 bits per heavy atom. The van der Waals surface area contributed by atoms with E-state index in [0.717, 1.165) is 11.6 Å². The third-order valence-corrected chi connectivity index (χ3v) is 4.08. The molecule has 140 valence electrons. The molecule has 0 atom stereocenters. The van der Waals surface area contributed by atoms with E-state index in [2.05, 4.69) is 15.6 Å². The summed E-state index contributed by atoms with van der Waals surface area (Å²) in [5.74, 6) is -1.35. The summed E-state index contributed by atoms with van der Waals surface area (Å²) < 4.78 is 13.6. The number of nitrogens with zero attached hydrogens (tertiary/aromatic N) is 1. The van der Waals surface area contributed by atoms with Crippen LogP contribution in [-0.4, -0.2) is 16.8 Å². The van der Waals surface area contributed by atoms with Gasteiger partial charge in [0.05, 0.1) is 5.69 Å². The van der Waals surface area contributed by atoms with Crippen LogP contribution in [0, 0.1) is 31.0 Å². The first-order valence-electron chi connectivity index (χ1n) is 8.22. The van der Waals surface area contributed by atoms with Crippen LogP contribution >= 0.6 is 0 Å². The van der Waals surface area contributed by atoms with Crippen LogP contribution in [0.1, 0.15) is 35.7 Å². The molecule has 0 aliphatic rings. The summed E-state index contributed by atoms with van der Waals surface area (Å²) in [6.45, 7) is 4.64. The molecule has 0 aliphatic heterocycles. The highest BCUT2D eigenvalue weighted by molar-refractivity contribution is 5.93. The number of rotatable bonds is 5. The average Bonchev–Trinajstić information content (AvgIpc) is 2.57. The fraction of sp³-hybridized carbons (Fsp3) is 0.263.